The maximum absolute atomic E-state index is 12.0. The van der Waals surface area contributed by atoms with Gasteiger partial charge in [0.05, 0.1) is 0 Å². The van der Waals surface area contributed by atoms with E-state index in [9.17, 15) is 4.79 Å². The maximum Gasteiger partial charge on any atom is 0.222 e. The summed E-state index contributed by atoms with van der Waals surface area (Å²) in [5.41, 5.74) is 5.71. The van der Waals surface area contributed by atoms with E-state index in [1.807, 2.05) is 14.0 Å². The molecule has 5 nitrogen and oxygen atoms in total. The van der Waals surface area contributed by atoms with E-state index < -0.39 is 0 Å². The first kappa shape index (κ1) is 27.4. The van der Waals surface area contributed by atoms with Crippen molar-refractivity contribution in [1.29, 1.82) is 0 Å². The number of rotatable bonds is 21. The summed E-state index contributed by atoms with van der Waals surface area (Å²) in [6.07, 6.45) is 19.7. The number of amides is 1. The molecule has 5 N–H and O–H groups in total. The highest BCUT2D eigenvalue weighted by Gasteiger charge is 2.12. The lowest BCUT2D eigenvalue weighted by atomic mass is 10.0. The Balaban J connectivity index is 3.28. The van der Waals surface area contributed by atoms with Gasteiger partial charge in [-0.25, -0.2) is 0 Å². The summed E-state index contributed by atoms with van der Waals surface area (Å²) >= 11 is 0. The summed E-state index contributed by atoms with van der Waals surface area (Å²) in [6, 6.07) is 0. The lowest BCUT2D eigenvalue weighted by Crippen LogP contribution is -2.48. The van der Waals surface area contributed by atoms with Gasteiger partial charge < -0.3 is 11.1 Å². The lowest BCUT2D eigenvalue weighted by molar-refractivity contribution is -0.124. The number of carbonyl (C=O) groups excluding carboxylic acids is 1. The van der Waals surface area contributed by atoms with Crippen LogP contribution in [0.1, 0.15) is 110 Å². The third kappa shape index (κ3) is 18.7. The van der Waals surface area contributed by atoms with Crippen molar-refractivity contribution in [3.8, 4) is 0 Å². The van der Waals surface area contributed by atoms with Crippen LogP contribution in [0.5, 0.6) is 0 Å². The molecule has 0 aliphatic carbocycles. The molecule has 2 atom stereocenters. The molecule has 1 amide bonds. The highest BCUT2D eigenvalue weighted by Crippen LogP contribution is 2.12. The van der Waals surface area contributed by atoms with E-state index in [1.165, 1.54) is 83.5 Å². The Bertz CT molecular complexity index is 339. The van der Waals surface area contributed by atoms with Crippen LogP contribution >= 0.6 is 0 Å². The molecular formula is C23H50N4O. The highest BCUT2D eigenvalue weighted by atomic mass is 16.1. The average molecular weight is 399 g/mol. The molecule has 0 fully saturated rings. The molecular weight excluding hydrogens is 348 g/mol. The summed E-state index contributed by atoms with van der Waals surface area (Å²) in [4.78, 5) is 12.0. The van der Waals surface area contributed by atoms with Crippen LogP contribution in [0, 0.1) is 5.92 Å². The fourth-order valence-corrected chi connectivity index (χ4v) is 3.39. The minimum absolute atomic E-state index is 0.0307. The number of hydrogen-bond acceptors (Lipinski definition) is 4. The Kier molecular flexibility index (Phi) is 20.6. The zero-order valence-electron chi connectivity index (χ0n) is 19.2. The van der Waals surface area contributed by atoms with E-state index in [-0.39, 0.29) is 18.1 Å². The van der Waals surface area contributed by atoms with Crippen molar-refractivity contribution < 1.29 is 4.79 Å². The number of nitrogens with two attached hydrogens (primary N) is 1. The van der Waals surface area contributed by atoms with Crippen molar-refractivity contribution in [2.75, 3.05) is 20.1 Å². The Labute approximate surface area is 175 Å². The van der Waals surface area contributed by atoms with E-state index >= 15 is 0 Å². The molecule has 2 unspecified atom stereocenters. The normalized spacial score (nSPS) is 13.4. The number of hydrogen-bond donors (Lipinski definition) is 4. The standard InChI is InChI=1S/C23H50N4O/c1-4-5-6-7-8-9-10-11-12-13-14-15-16-17-19-26-22(28)21(2)18-20-27-23(24)25-3/h21,23,25,27H,4-20,24H2,1-3H3,(H,26,28). The van der Waals surface area contributed by atoms with Crippen LogP contribution in [0.2, 0.25) is 0 Å². The van der Waals surface area contributed by atoms with Crippen molar-refractivity contribution >= 4 is 5.91 Å². The summed E-state index contributed by atoms with van der Waals surface area (Å²) < 4.78 is 0. The predicted octanol–water partition coefficient (Wildman–Crippen LogP) is 4.66. The third-order valence-electron chi connectivity index (χ3n) is 5.53. The van der Waals surface area contributed by atoms with Crippen molar-refractivity contribution in [2.24, 2.45) is 11.7 Å². The van der Waals surface area contributed by atoms with Crippen LogP contribution in [0.3, 0.4) is 0 Å². The van der Waals surface area contributed by atoms with Gasteiger partial charge in [-0.3, -0.25) is 15.4 Å². The van der Waals surface area contributed by atoms with Gasteiger partial charge in [0.15, 0.2) is 0 Å². The first-order chi connectivity index (χ1) is 13.6. The molecule has 28 heavy (non-hydrogen) atoms. The second kappa shape index (κ2) is 21.1. The molecule has 168 valence electrons. The third-order valence-corrected chi connectivity index (χ3v) is 5.53. The Morgan fingerprint density at radius 1 is 0.786 bits per heavy atom. The zero-order valence-corrected chi connectivity index (χ0v) is 19.2. The smallest absolute Gasteiger partial charge is 0.222 e. The molecule has 0 heterocycles. The number of carbonyl (C=O) groups is 1. The van der Waals surface area contributed by atoms with Crippen LogP contribution in [0.15, 0.2) is 0 Å². The summed E-state index contributed by atoms with van der Waals surface area (Å²) in [7, 11) is 1.81. The molecule has 0 saturated heterocycles. The van der Waals surface area contributed by atoms with Crippen LogP contribution < -0.4 is 21.7 Å². The second-order valence-corrected chi connectivity index (χ2v) is 8.30. The summed E-state index contributed by atoms with van der Waals surface area (Å²) in [6.45, 7) is 5.81. The predicted molar refractivity (Wildman–Crippen MR) is 122 cm³/mol. The van der Waals surface area contributed by atoms with Gasteiger partial charge in [0.2, 0.25) is 5.91 Å². The molecule has 0 aromatic carbocycles. The monoisotopic (exact) mass is 398 g/mol. The van der Waals surface area contributed by atoms with Gasteiger partial charge in [-0.1, -0.05) is 97.3 Å². The van der Waals surface area contributed by atoms with Crippen LogP contribution in [-0.2, 0) is 4.79 Å². The van der Waals surface area contributed by atoms with Crippen LogP contribution in [-0.4, -0.2) is 32.3 Å². The van der Waals surface area contributed by atoms with Gasteiger partial charge in [0.1, 0.15) is 6.29 Å². The number of unbranched alkanes of at least 4 members (excludes halogenated alkanes) is 13. The molecule has 0 aliphatic rings. The van der Waals surface area contributed by atoms with Crippen LogP contribution in [0.4, 0.5) is 0 Å². The van der Waals surface area contributed by atoms with Crippen molar-refractivity contribution in [3.05, 3.63) is 0 Å². The fourth-order valence-electron chi connectivity index (χ4n) is 3.39. The molecule has 0 aromatic rings. The van der Waals surface area contributed by atoms with Gasteiger partial charge in [0.25, 0.3) is 0 Å². The largest absolute Gasteiger partial charge is 0.356 e. The molecule has 0 aliphatic heterocycles. The lowest BCUT2D eigenvalue weighted by Gasteiger charge is -2.15. The summed E-state index contributed by atoms with van der Waals surface area (Å²) in [5.74, 6) is 0.192. The van der Waals surface area contributed by atoms with E-state index in [0.29, 0.717) is 0 Å². The molecule has 0 aromatic heterocycles. The van der Waals surface area contributed by atoms with Gasteiger partial charge in [0, 0.05) is 12.5 Å². The minimum Gasteiger partial charge on any atom is -0.356 e. The maximum atomic E-state index is 12.0. The van der Waals surface area contributed by atoms with Crippen molar-refractivity contribution in [2.45, 2.75) is 116 Å². The SMILES string of the molecule is CCCCCCCCCCCCCCCCNC(=O)C(C)CCNC(N)NC. The molecule has 0 rings (SSSR count). The van der Waals surface area contributed by atoms with E-state index in [4.69, 9.17) is 5.73 Å². The topological polar surface area (TPSA) is 79.2 Å². The second-order valence-electron chi connectivity index (χ2n) is 8.30. The van der Waals surface area contributed by atoms with E-state index in [2.05, 4.69) is 22.9 Å². The highest BCUT2D eigenvalue weighted by molar-refractivity contribution is 5.78. The van der Waals surface area contributed by atoms with Crippen LogP contribution in [0.25, 0.3) is 0 Å². The first-order valence-corrected chi connectivity index (χ1v) is 12.1. The molecule has 0 saturated carbocycles. The first-order valence-electron chi connectivity index (χ1n) is 12.1. The van der Waals surface area contributed by atoms with E-state index in [0.717, 1.165) is 25.9 Å². The fraction of sp³-hybridized carbons (Fsp3) is 0.957. The molecule has 0 bridgehead atoms. The number of nitrogens with one attached hydrogen (secondary N) is 3. The quantitative estimate of drug-likeness (QED) is 0.167. The Morgan fingerprint density at radius 3 is 1.71 bits per heavy atom. The van der Waals surface area contributed by atoms with Gasteiger partial charge in [-0.2, -0.15) is 0 Å². The molecule has 5 heteroatoms. The van der Waals surface area contributed by atoms with Gasteiger partial charge in [-0.15, -0.1) is 0 Å². The average Bonchev–Trinajstić information content (AvgIpc) is 2.70. The van der Waals surface area contributed by atoms with Gasteiger partial charge >= 0.3 is 0 Å². The minimum atomic E-state index is -0.203. The van der Waals surface area contributed by atoms with E-state index in [1.54, 1.807) is 0 Å². The molecule has 0 radical (unpaired) electrons. The Hall–Kier alpha value is -0.650. The van der Waals surface area contributed by atoms with Gasteiger partial charge in [-0.05, 0) is 26.4 Å². The van der Waals surface area contributed by atoms with Crippen molar-refractivity contribution in [3.63, 3.8) is 0 Å². The molecule has 0 spiro atoms. The Morgan fingerprint density at radius 2 is 1.25 bits per heavy atom. The van der Waals surface area contributed by atoms with Crippen molar-refractivity contribution in [1.82, 2.24) is 16.0 Å². The zero-order chi connectivity index (χ0) is 20.9. The summed E-state index contributed by atoms with van der Waals surface area (Å²) in [5, 5.41) is 9.11.